The largest absolute Gasteiger partial charge is 0.481 e. The quantitative estimate of drug-likeness (QED) is 0.488. The summed E-state index contributed by atoms with van der Waals surface area (Å²) in [4.78, 5) is 38.0. The average Bonchev–Trinajstić information content (AvgIpc) is 3.45. The molecular weight excluding hydrogens is 424 g/mol. The molecule has 10 nitrogen and oxygen atoms in total. The highest BCUT2D eigenvalue weighted by Gasteiger charge is 2.53. The number of methoxy groups -OCH3 is 2. The van der Waals surface area contributed by atoms with E-state index in [4.69, 9.17) is 15.2 Å². The number of hydrogen-bond donors (Lipinski definition) is 2. The third-order valence-corrected chi connectivity index (χ3v) is 7.49. The summed E-state index contributed by atoms with van der Waals surface area (Å²) in [5, 5.41) is 3.07. The number of primary amides is 1. The summed E-state index contributed by atoms with van der Waals surface area (Å²) in [6.45, 7) is 5.18. The van der Waals surface area contributed by atoms with E-state index in [2.05, 4.69) is 25.1 Å². The molecule has 0 radical (unpaired) electrons. The van der Waals surface area contributed by atoms with Gasteiger partial charge in [-0.25, -0.2) is 0 Å². The number of amides is 2. The van der Waals surface area contributed by atoms with Crippen LogP contribution >= 0.6 is 0 Å². The molecule has 1 aromatic rings. The number of carbonyl (C=O) groups is 2. The molecule has 0 unspecified atom stereocenters. The molecule has 2 bridgehead atoms. The zero-order valence-corrected chi connectivity index (χ0v) is 19.7. The van der Waals surface area contributed by atoms with Crippen LogP contribution in [-0.2, 0) is 9.59 Å². The number of aromatic nitrogens is 2. The Kier molecular flexibility index (Phi) is 7.52. The zero-order chi connectivity index (χ0) is 23.4. The molecule has 1 saturated heterocycles. The van der Waals surface area contributed by atoms with E-state index in [1.807, 2.05) is 0 Å². The standard InChI is InChI=1S/C23H36N6O4/c1-32-17-14-18(33-2)27-23(26-17)29-11-9-28(10-12-29)8-4-3-7-25-22(31)20-16-6-5-15(13-16)19(20)21(24)30/h14-16,19-20H,3-13H2,1-2H3,(H2,24,30)(H,25,31)/t15-,16+,19+,20-/m1/s1. The Morgan fingerprint density at radius 3 is 2.27 bits per heavy atom. The van der Waals surface area contributed by atoms with Crippen molar-refractivity contribution in [3.63, 3.8) is 0 Å². The third kappa shape index (κ3) is 5.31. The van der Waals surface area contributed by atoms with Crippen LogP contribution in [0, 0.1) is 23.7 Å². The van der Waals surface area contributed by atoms with E-state index < -0.39 is 0 Å². The maximum Gasteiger partial charge on any atom is 0.232 e. The lowest BCUT2D eigenvalue weighted by Gasteiger charge is -2.34. The van der Waals surface area contributed by atoms with E-state index in [1.54, 1.807) is 20.3 Å². The van der Waals surface area contributed by atoms with Gasteiger partial charge in [0, 0.05) is 32.7 Å². The van der Waals surface area contributed by atoms with E-state index >= 15 is 0 Å². The van der Waals surface area contributed by atoms with Gasteiger partial charge < -0.3 is 25.4 Å². The molecule has 1 aromatic heterocycles. The molecule has 3 N–H and O–H groups in total. The molecule has 1 aliphatic heterocycles. The van der Waals surface area contributed by atoms with Crippen molar-refractivity contribution in [2.75, 3.05) is 58.4 Å². The summed E-state index contributed by atoms with van der Waals surface area (Å²) in [5.74, 6) is 1.49. The first-order valence-electron chi connectivity index (χ1n) is 12.0. The molecule has 2 amide bonds. The first kappa shape index (κ1) is 23.5. The van der Waals surface area contributed by atoms with Gasteiger partial charge in [0.2, 0.25) is 29.5 Å². The number of ether oxygens (including phenoxy) is 2. The highest BCUT2D eigenvalue weighted by atomic mass is 16.5. The molecule has 4 atom stereocenters. The maximum absolute atomic E-state index is 12.7. The Morgan fingerprint density at radius 1 is 1.03 bits per heavy atom. The lowest BCUT2D eigenvalue weighted by Crippen LogP contribution is -2.47. The normalized spacial score (nSPS) is 26.9. The van der Waals surface area contributed by atoms with Gasteiger partial charge in [-0.3, -0.25) is 14.5 Å². The van der Waals surface area contributed by atoms with Crippen LogP contribution in [0.5, 0.6) is 11.8 Å². The molecule has 0 spiro atoms. The van der Waals surface area contributed by atoms with Crippen LogP contribution in [0.15, 0.2) is 6.07 Å². The van der Waals surface area contributed by atoms with Crippen LogP contribution in [0.2, 0.25) is 0 Å². The summed E-state index contributed by atoms with van der Waals surface area (Å²) in [5.41, 5.74) is 5.60. The summed E-state index contributed by atoms with van der Waals surface area (Å²) >= 11 is 0. The number of unbranched alkanes of at least 4 members (excludes halogenated alkanes) is 1. The maximum atomic E-state index is 12.7. The lowest BCUT2D eigenvalue weighted by molar-refractivity contribution is -0.135. The molecule has 2 heterocycles. The second-order valence-electron chi connectivity index (χ2n) is 9.37. The summed E-state index contributed by atoms with van der Waals surface area (Å²) in [7, 11) is 3.17. The van der Waals surface area contributed by atoms with Gasteiger partial charge in [0.25, 0.3) is 0 Å². The van der Waals surface area contributed by atoms with Crippen molar-refractivity contribution in [1.29, 1.82) is 0 Å². The SMILES string of the molecule is COc1cc(OC)nc(N2CCN(CCCCNC(=O)[C@@H]3[C@H]4CC[C@H](C4)[C@@H]3C(N)=O)CC2)n1. The van der Waals surface area contributed by atoms with Gasteiger partial charge in [-0.1, -0.05) is 0 Å². The fraction of sp³-hybridized carbons (Fsp3) is 0.739. The van der Waals surface area contributed by atoms with E-state index in [9.17, 15) is 9.59 Å². The highest BCUT2D eigenvalue weighted by Crippen LogP contribution is 2.52. The van der Waals surface area contributed by atoms with Crippen molar-refractivity contribution < 1.29 is 19.1 Å². The molecule has 2 saturated carbocycles. The number of nitrogens with two attached hydrogens (primary N) is 1. The van der Waals surface area contributed by atoms with Gasteiger partial charge in [0.15, 0.2) is 0 Å². The molecule has 10 heteroatoms. The lowest BCUT2D eigenvalue weighted by atomic mass is 9.78. The van der Waals surface area contributed by atoms with Crippen LogP contribution < -0.4 is 25.4 Å². The number of piperazine rings is 1. The summed E-state index contributed by atoms with van der Waals surface area (Å²) < 4.78 is 10.5. The van der Waals surface area contributed by atoms with Gasteiger partial charge in [0.05, 0.1) is 32.1 Å². The Morgan fingerprint density at radius 2 is 1.67 bits per heavy atom. The zero-order valence-electron chi connectivity index (χ0n) is 19.7. The van der Waals surface area contributed by atoms with E-state index in [0.29, 0.717) is 36.1 Å². The first-order chi connectivity index (χ1) is 16.0. The Balaban J connectivity index is 1.15. The fourth-order valence-corrected chi connectivity index (χ4v) is 5.78. The fourth-order valence-electron chi connectivity index (χ4n) is 5.78. The van der Waals surface area contributed by atoms with Gasteiger partial charge in [-0.2, -0.15) is 9.97 Å². The van der Waals surface area contributed by atoms with Crippen molar-refractivity contribution in [1.82, 2.24) is 20.2 Å². The smallest absolute Gasteiger partial charge is 0.232 e. The van der Waals surface area contributed by atoms with Crippen LogP contribution in [0.3, 0.4) is 0 Å². The van der Waals surface area contributed by atoms with Crippen molar-refractivity contribution in [2.45, 2.75) is 32.1 Å². The number of hydrogen-bond acceptors (Lipinski definition) is 8. The van der Waals surface area contributed by atoms with E-state index in [-0.39, 0.29) is 23.7 Å². The number of fused-ring (bicyclic) bond motifs is 2. The number of anilines is 1. The van der Waals surface area contributed by atoms with Crippen molar-refractivity contribution in [3.8, 4) is 11.8 Å². The van der Waals surface area contributed by atoms with Crippen LogP contribution in [0.1, 0.15) is 32.1 Å². The molecular formula is C23H36N6O4. The second kappa shape index (κ2) is 10.5. The Bertz CT molecular complexity index is 822. The van der Waals surface area contributed by atoms with Crippen LogP contribution in [0.25, 0.3) is 0 Å². The van der Waals surface area contributed by atoms with E-state index in [1.165, 1.54) is 0 Å². The summed E-state index contributed by atoms with van der Waals surface area (Å²) in [6.07, 6.45) is 4.99. The number of nitrogens with zero attached hydrogens (tertiary/aromatic N) is 4. The summed E-state index contributed by atoms with van der Waals surface area (Å²) in [6, 6.07) is 1.67. The van der Waals surface area contributed by atoms with Crippen LogP contribution in [0.4, 0.5) is 5.95 Å². The minimum atomic E-state index is -0.306. The minimum absolute atomic E-state index is 0.0216. The van der Waals surface area contributed by atoms with Crippen molar-refractivity contribution in [2.24, 2.45) is 29.4 Å². The average molecular weight is 461 g/mol. The van der Waals surface area contributed by atoms with Gasteiger partial charge in [-0.05, 0) is 50.5 Å². The predicted octanol–water partition coefficient (Wildman–Crippen LogP) is 0.660. The molecule has 2 aliphatic carbocycles. The molecule has 4 rings (SSSR count). The minimum Gasteiger partial charge on any atom is -0.481 e. The van der Waals surface area contributed by atoms with Gasteiger partial charge in [-0.15, -0.1) is 0 Å². The Hall–Kier alpha value is -2.62. The van der Waals surface area contributed by atoms with Gasteiger partial charge >= 0.3 is 0 Å². The second-order valence-corrected chi connectivity index (χ2v) is 9.37. The third-order valence-electron chi connectivity index (χ3n) is 7.49. The number of rotatable bonds is 10. The molecule has 182 valence electrons. The predicted molar refractivity (Wildman–Crippen MR) is 123 cm³/mol. The topological polar surface area (TPSA) is 123 Å². The van der Waals surface area contributed by atoms with Crippen molar-refractivity contribution >= 4 is 17.8 Å². The van der Waals surface area contributed by atoms with Gasteiger partial charge in [0.1, 0.15) is 0 Å². The highest BCUT2D eigenvalue weighted by molar-refractivity contribution is 5.88. The van der Waals surface area contributed by atoms with Crippen LogP contribution in [-0.4, -0.2) is 80.2 Å². The van der Waals surface area contributed by atoms with E-state index in [0.717, 1.165) is 64.8 Å². The molecule has 0 aromatic carbocycles. The monoisotopic (exact) mass is 460 g/mol. The first-order valence-corrected chi connectivity index (χ1v) is 12.0. The Labute approximate surface area is 195 Å². The number of nitrogens with one attached hydrogen (secondary N) is 1. The number of carbonyl (C=O) groups excluding carboxylic acids is 2. The molecule has 3 fully saturated rings. The molecule has 3 aliphatic rings. The van der Waals surface area contributed by atoms with Crippen molar-refractivity contribution in [3.05, 3.63) is 6.07 Å². The molecule has 33 heavy (non-hydrogen) atoms.